The van der Waals surface area contributed by atoms with Gasteiger partial charge in [0.05, 0.1) is 5.69 Å². The lowest BCUT2D eigenvalue weighted by Crippen LogP contribution is -2.62. The smallest absolute Gasteiger partial charge is 0.247 e. The van der Waals surface area contributed by atoms with E-state index in [4.69, 9.17) is 0 Å². The number of sulfonamides is 1. The molecule has 0 saturated carbocycles. The highest BCUT2D eigenvalue weighted by Crippen LogP contribution is 2.36. The van der Waals surface area contributed by atoms with E-state index in [2.05, 4.69) is 27.1 Å². The number of fused-ring (bicyclic) bond motifs is 1. The van der Waals surface area contributed by atoms with E-state index in [0.29, 0.717) is 32.0 Å². The Kier molecular flexibility index (Phi) is 5.11. The maximum Gasteiger partial charge on any atom is 0.247 e. The molecule has 2 aliphatic rings. The fourth-order valence-corrected chi connectivity index (χ4v) is 5.64. The summed E-state index contributed by atoms with van der Waals surface area (Å²) < 4.78 is 55.3. The Morgan fingerprint density at radius 2 is 1.79 bits per heavy atom. The summed E-state index contributed by atoms with van der Waals surface area (Å²) in [7, 11) is -4.04. The van der Waals surface area contributed by atoms with Gasteiger partial charge < -0.3 is 10.2 Å². The highest BCUT2D eigenvalue weighted by atomic mass is 32.2. The zero-order chi connectivity index (χ0) is 19.8. The van der Waals surface area contributed by atoms with E-state index in [1.807, 2.05) is 18.2 Å². The minimum Gasteiger partial charge on any atom is -0.365 e. The standard InChI is InChI=1S/C20H23F2N3O2S/c21-16-13-17(22)19-18(14-16)23-20(24-28(19,26)27)8-11-25(12-9-20)10-4-7-15-5-2-1-3-6-15/h1-3,5-6,13-14,23-24H,4,7-12H2. The maximum atomic E-state index is 14.0. The predicted molar refractivity (Wildman–Crippen MR) is 103 cm³/mol. The van der Waals surface area contributed by atoms with Crippen molar-refractivity contribution < 1.29 is 17.2 Å². The molecule has 2 aliphatic heterocycles. The molecule has 0 radical (unpaired) electrons. The molecule has 2 aromatic rings. The summed E-state index contributed by atoms with van der Waals surface area (Å²) in [6, 6.07) is 11.9. The molecule has 8 heteroatoms. The van der Waals surface area contributed by atoms with Crippen LogP contribution in [-0.4, -0.2) is 38.6 Å². The number of hydrogen-bond acceptors (Lipinski definition) is 4. The van der Waals surface area contributed by atoms with Gasteiger partial charge in [-0.15, -0.1) is 0 Å². The molecule has 1 fully saturated rings. The Morgan fingerprint density at radius 1 is 1.07 bits per heavy atom. The van der Waals surface area contributed by atoms with Gasteiger partial charge >= 0.3 is 0 Å². The summed E-state index contributed by atoms with van der Waals surface area (Å²) in [5.74, 6) is -1.88. The highest BCUT2D eigenvalue weighted by molar-refractivity contribution is 7.89. The van der Waals surface area contributed by atoms with Crippen molar-refractivity contribution in [2.45, 2.75) is 36.2 Å². The number of rotatable bonds is 4. The molecule has 150 valence electrons. The molecule has 1 saturated heterocycles. The zero-order valence-electron chi connectivity index (χ0n) is 15.4. The first-order valence-electron chi connectivity index (χ1n) is 9.44. The molecular formula is C20H23F2N3O2S. The van der Waals surface area contributed by atoms with Crippen molar-refractivity contribution in [3.05, 3.63) is 59.7 Å². The van der Waals surface area contributed by atoms with E-state index in [1.165, 1.54) is 5.56 Å². The molecule has 4 rings (SSSR count). The van der Waals surface area contributed by atoms with Gasteiger partial charge in [0.25, 0.3) is 0 Å². The van der Waals surface area contributed by atoms with Gasteiger partial charge in [0.1, 0.15) is 22.2 Å². The van der Waals surface area contributed by atoms with Crippen LogP contribution in [0.2, 0.25) is 0 Å². The van der Waals surface area contributed by atoms with Crippen molar-refractivity contribution >= 4 is 15.7 Å². The largest absolute Gasteiger partial charge is 0.365 e. The Hall–Kier alpha value is -2.03. The number of hydrogen-bond donors (Lipinski definition) is 2. The molecule has 0 bridgehead atoms. The summed E-state index contributed by atoms with van der Waals surface area (Å²) in [5, 5.41) is 3.06. The summed E-state index contributed by atoms with van der Waals surface area (Å²) in [4.78, 5) is 1.79. The summed E-state index contributed by atoms with van der Waals surface area (Å²) in [5.41, 5.74) is 0.397. The Labute approximate surface area is 163 Å². The van der Waals surface area contributed by atoms with Crippen molar-refractivity contribution in [2.24, 2.45) is 0 Å². The normalized spacial score (nSPS) is 20.5. The Bertz CT molecular complexity index is 959. The quantitative estimate of drug-likeness (QED) is 0.818. The number of piperidine rings is 1. The average Bonchev–Trinajstić information content (AvgIpc) is 2.62. The van der Waals surface area contributed by atoms with Crippen LogP contribution in [0.4, 0.5) is 14.5 Å². The van der Waals surface area contributed by atoms with Gasteiger partial charge in [-0.3, -0.25) is 0 Å². The lowest BCUT2D eigenvalue weighted by molar-refractivity contribution is 0.163. The number of anilines is 1. The van der Waals surface area contributed by atoms with Crippen LogP contribution in [0.1, 0.15) is 24.8 Å². The number of likely N-dealkylation sites (tertiary alicyclic amines) is 1. The number of nitrogens with one attached hydrogen (secondary N) is 2. The third kappa shape index (κ3) is 3.90. The van der Waals surface area contributed by atoms with E-state index in [9.17, 15) is 17.2 Å². The summed E-state index contributed by atoms with van der Waals surface area (Å²) >= 11 is 0. The number of nitrogens with zero attached hydrogens (tertiary/aromatic N) is 1. The van der Waals surface area contributed by atoms with Gasteiger partial charge in [-0.2, -0.15) is 4.72 Å². The third-order valence-electron chi connectivity index (χ3n) is 5.47. The Balaban J connectivity index is 1.40. The molecule has 5 nitrogen and oxygen atoms in total. The topological polar surface area (TPSA) is 61.4 Å². The minimum absolute atomic E-state index is 0.00576. The zero-order valence-corrected chi connectivity index (χ0v) is 16.2. The molecule has 2 N–H and O–H groups in total. The molecule has 0 unspecified atom stereocenters. The maximum absolute atomic E-state index is 14.0. The fourth-order valence-electron chi connectivity index (χ4n) is 4.05. The lowest BCUT2D eigenvalue weighted by atomic mass is 9.96. The first-order valence-corrected chi connectivity index (χ1v) is 10.9. The van der Waals surface area contributed by atoms with Crippen molar-refractivity contribution in [3.8, 4) is 0 Å². The van der Waals surface area contributed by atoms with Gasteiger partial charge in [0, 0.05) is 19.2 Å². The molecule has 0 aromatic heterocycles. The van der Waals surface area contributed by atoms with Gasteiger partial charge in [-0.1, -0.05) is 30.3 Å². The average molecular weight is 407 g/mol. The second kappa shape index (κ2) is 7.42. The number of halogens is 2. The van der Waals surface area contributed by atoms with Crippen LogP contribution < -0.4 is 10.0 Å². The number of aryl methyl sites for hydroxylation is 1. The molecule has 28 heavy (non-hydrogen) atoms. The van der Waals surface area contributed by atoms with Crippen LogP contribution >= 0.6 is 0 Å². The molecule has 2 aromatic carbocycles. The summed E-state index contributed by atoms with van der Waals surface area (Å²) in [6.45, 7) is 2.34. The van der Waals surface area contributed by atoms with Crippen LogP contribution in [-0.2, 0) is 16.4 Å². The van der Waals surface area contributed by atoms with Crippen LogP contribution in [0, 0.1) is 11.6 Å². The molecule has 0 amide bonds. The molecule has 2 heterocycles. The van der Waals surface area contributed by atoms with E-state index in [-0.39, 0.29) is 5.69 Å². The fraction of sp³-hybridized carbons (Fsp3) is 0.400. The first-order chi connectivity index (χ1) is 13.4. The first kappa shape index (κ1) is 19.3. The van der Waals surface area contributed by atoms with Crippen LogP contribution in [0.25, 0.3) is 0 Å². The van der Waals surface area contributed by atoms with E-state index >= 15 is 0 Å². The van der Waals surface area contributed by atoms with Crippen LogP contribution in [0.5, 0.6) is 0 Å². The Morgan fingerprint density at radius 3 is 2.50 bits per heavy atom. The highest BCUT2D eigenvalue weighted by Gasteiger charge is 2.44. The van der Waals surface area contributed by atoms with E-state index in [1.54, 1.807) is 0 Å². The lowest BCUT2D eigenvalue weighted by Gasteiger charge is -2.45. The molecule has 0 aliphatic carbocycles. The van der Waals surface area contributed by atoms with Crippen molar-refractivity contribution in [1.29, 1.82) is 0 Å². The second-order valence-electron chi connectivity index (χ2n) is 7.51. The molecular weight excluding hydrogens is 384 g/mol. The molecule has 1 spiro atoms. The third-order valence-corrected chi connectivity index (χ3v) is 7.08. The van der Waals surface area contributed by atoms with E-state index < -0.39 is 32.2 Å². The van der Waals surface area contributed by atoms with Gasteiger partial charge in [-0.25, -0.2) is 17.2 Å². The van der Waals surface area contributed by atoms with Gasteiger partial charge in [-0.05, 0) is 43.9 Å². The van der Waals surface area contributed by atoms with Gasteiger partial charge in [0.15, 0.2) is 0 Å². The monoisotopic (exact) mass is 407 g/mol. The van der Waals surface area contributed by atoms with Crippen LogP contribution in [0.3, 0.4) is 0 Å². The van der Waals surface area contributed by atoms with Crippen LogP contribution in [0.15, 0.2) is 47.4 Å². The van der Waals surface area contributed by atoms with Crippen molar-refractivity contribution in [3.63, 3.8) is 0 Å². The summed E-state index contributed by atoms with van der Waals surface area (Å²) in [6.07, 6.45) is 3.07. The number of benzene rings is 2. The van der Waals surface area contributed by atoms with Crippen molar-refractivity contribution in [2.75, 3.05) is 25.0 Å². The van der Waals surface area contributed by atoms with Gasteiger partial charge in [0.2, 0.25) is 10.0 Å². The SMILES string of the molecule is O=S1(=O)NC2(CCN(CCCc3ccccc3)CC2)Nc2cc(F)cc(F)c21. The minimum atomic E-state index is -4.04. The predicted octanol–water partition coefficient (Wildman–Crippen LogP) is 3.09. The van der Waals surface area contributed by atoms with Crippen molar-refractivity contribution in [1.82, 2.24) is 9.62 Å². The second-order valence-corrected chi connectivity index (χ2v) is 9.13. The molecule has 0 atom stereocenters. The van der Waals surface area contributed by atoms with E-state index in [0.717, 1.165) is 25.5 Å².